The number of rotatable bonds is 9. The Morgan fingerprint density at radius 3 is 2.48 bits per heavy atom. The highest BCUT2D eigenvalue weighted by Crippen LogP contribution is 2.27. The molecular formula is C18H30N2O. The number of nitrogens with one attached hydrogen (secondary N) is 2. The van der Waals surface area contributed by atoms with Gasteiger partial charge in [0.15, 0.2) is 0 Å². The summed E-state index contributed by atoms with van der Waals surface area (Å²) in [6.07, 6.45) is 2.59. The van der Waals surface area contributed by atoms with E-state index in [0.29, 0.717) is 12.5 Å². The fraction of sp³-hybridized carbons (Fsp3) is 0.611. The van der Waals surface area contributed by atoms with Crippen molar-refractivity contribution in [2.75, 3.05) is 13.1 Å². The summed E-state index contributed by atoms with van der Waals surface area (Å²) < 4.78 is 0. The van der Waals surface area contributed by atoms with Crippen LogP contribution in [-0.4, -0.2) is 25.0 Å². The van der Waals surface area contributed by atoms with Gasteiger partial charge in [0.05, 0.1) is 0 Å². The van der Waals surface area contributed by atoms with Crippen molar-refractivity contribution in [1.82, 2.24) is 10.6 Å². The second kappa shape index (κ2) is 8.83. The van der Waals surface area contributed by atoms with Crippen LogP contribution in [0.1, 0.15) is 52.5 Å². The molecule has 0 fully saturated rings. The van der Waals surface area contributed by atoms with E-state index in [2.05, 4.69) is 68.7 Å². The van der Waals surface area contributed by atoms with Crippen LogP contribution >= 0.6 is 0 Å². The lowest BCUT2D eigenvalue weighted by Crippen LogP contribution is -2.36. The van der Waals surface area contributed by atoms with Crippen LogP contribution in [0.2, 0.25) is 0 Å². The van der Waals surface area contributed by atoms with E-state index < -0.39 is 0 Å². The second-order valence-electron chi connectivity index (χ2n) is 6.41. The summed E-state index contributed by atoms with van der Waals surface area (Å²) in [4.78, 5) is 11.5. The Kier molecular flexibility index (Phi) is 7.44. The quantitative estimate of drug-likeness (QED) is 0.733. The highest BCUT2D eigenvalue weighted by molar-refractivity contribution is 5.75. The molecule has 0 saturated heterocycles. The van der Waals surface area contributed by atoms with Crippen LogP contribution in [0.25, 0.3) is 0 Å². The van der Waals surface area contributed by atoms with Gasteiger partial charge in [-0.1, -0.05) is 51.1 Å². The maximum atomic E-state index is 11.5. The van der Waals surface area contributed by atoms with E-state index >= 15 is 0 Å². The van der Waals surface area contributed by atoms with Crippen molar-refractivity contribution in [3.8, 4) is 0 Å². The van der Waals surface area contributed by atoms with E-state index in [0.717, 1.165) is 25.9 Å². The predicted octanol–water partition coefficient (Wildman–Crippen LogP) is 3.25. The van der Waals surface area contributed by atoms with Gasteiger partial charge in [-0.3, -0.25) is 4.79 Å². The molecule has 0 bridgehead atoms. The molecule has 3 heteroatoms. The Balaban J connectivity index is 2.33. The first-order chi connectivity index (χ1) is 9.95. The molecule has 0 spiro atoms. The summed E-state index contributed by atoms with van der Waals surface area (Å²) in [6, 6.07) is 11.0. The van der Waals surface area contributed by atoms with Gasteiger partial charge in [0, 0.05) is 25.6 Å². The van der Waals surface area contributed by atoms with Crippen molar-refractivity contribution in [3.05, 3.63) is 35.9 Å². The maximum Gasteiger partial charge on any atom is 0.221 e. The van der Waals surface area contributed by atoms with Crippen LogP contribution < -0.4 is 10.6 Å². The molecule has 1 rings (SSSR count). The summed E-state index contributed by atoms with van der Waals surface area (Å²) >= 11 is 0. The molecule has 3 nitrogen and oxygen atoms in total. The van der Waals surface area contributed by atoms with E-state index in [-0.39, 0.29) is 11.3 Å². The molecule has 0 aliphatic carbocycles. The standard InChI is InChI=1S/C18H30N2O/c1-5-12-20-17(21)11-13-19-15(2)14-18(3,4)16-9-7-6-8-10-16/h6-10,15,19H,5,11-14H2,1-4H3,(H,20,21). The Morgan fingerprint density at radius 2 is 1.86 bits per heavy atom. The largest absolute Gasteiger partial charge is 0.356 e. The van der Waals surface area contributed by atoms with Crippen molar-refractivity contribution in [1.29, 1.82) is 0 Å². The first kappa shape index (κ1) is 17.7. The number of hydrogen-bond acceptors (Lipinski definition) is 2. The number of carbonyl (C=O) groups excluding carboxylic acids is 1. The van der Waals surface area contributed by atoms with Crippen molar-refractivity contribution < 1.29 is 4.79 Å². The lowest BCUT2D eigenvalue weighted by atomic mass is 9.79. The van der Waals surface area contributed by atoms with E-state index in [1.165, 1.54) is 5.56 Å². The SMILES string of the molecule is CCCNC(=O)CCNC(C)CC(C)(C)c1ccccc1. The first-order valence-corrected chi connectivity index (χ1v) is 8.01. The summed E-state index contributed by atoms with van der Waals surface area (Å²) in [6.45, 7) is 10.3. The van der Waals surface area contributed by atoms with Crippen LogP contribution in [0.3, 0.4) is 0 Å². The van der Waals surface area contributed by atoms with Crippen molar-refractivity contribution in [2.24, 2.45) is 0 Å². The topological polar surface area (TPSA) is 41.1 Å². The summed E-state index contributed by atoms with van der Waals surface area (Å²) in [5.41, 5.74) is 1.50. The lowest BCUT2D eigenvalue weighted by Gasteiger charge is -2.29. The zero-order valence-corrected chi connectivity index (χ0v) is 13.9. The molecule has 2 N–H and O–H groups in total. The van der Waals surface area contributed by atoms with E-state index in [1.807, 2.05) is 0 Å². The van der Waals surface area contributed by atoms with Crippen LogP contribution in [0.15, 0.2) is 30.3 Å². The van der Waals surface area contributed by atoms with Crippen LogP contribution in [0.5, 0.6) is 0 Å². The molecule has 0 saturated carbocycles. The third-order valence-corrected chi connectivity index (χ3v) is 3.79. The molecule has 21 heavy (non-hydrogen) atoms. The lowest BCUT2D eigenvalue weighted by molar-refractivity contribution is -0.121. The van der Waals surface area contributed by atoms with Gasteiger partial charge in [-0.2, -0.15) is 0 Å². The van der Waals surface area contributed by atoms with Crippen molar-refractivity contribution in [2.45, 2.75) is 58.4 Å². The number of carbonyl (C=O) groups is 1. The smallest absolute Gasteiger partial charge is 0.221 e. The summed E-state index contributed by atoms with van der Waals surface area (Å²) in [5.74, 6) is 0.138. The van der Waals surface area contributed by atoms with Crippen molar-refractivity contribution >= 4 is 5.91 Å². The average Bonchev–Trinajstić information content (AvgIpc) is 2.45. The van der Waals surface area contributed by atoms with Gasteiger partial charge in [0.2, 0.25) is 5.91 Å². The summed E-state index contributed by atoms with van der Waals surface area (Å²) in [5, 5.41) is 6.36. The average molecular weight is 290 g/mol. The molecule has 1 aromatic rings. The fourth-order valence-electron chi connectivity index (χ4n) is 2.63. The third kappa shape index (κ3) is 6.76. The molecule has 1 unspecified atom stereocenters. The van der Waals surface area contributed by atoms with Gasteiger partial charge in [-0.25, -0.2) is 0 Å². The van der Waals surface area contributed by atoms with Crippen LogP contribution in [-0.2, 0) is 10.2 Å². The molecule has 1 atom stereocenters. The van der Waals surface area contributed by atoms with Gasteiger partial charge in [0.1, 0.15) is 0 Å². The Labute approximate surface area is 129 Å². The number of hydrogen-bond donors (Lipinski definition) is 2. The normalized spacial score (nSPS) is 13.0. The predicted molar refractivity (Wildman–Crippen MR) is 89.5 cm³/mol. The molecule has 1 aromatic carbocycles. The molecular weight excluding hydrogens is 260 g/mol. The molecule has 1 amide bonds. The van der Waals surface area contributed by atoms with E-state index in [1.54, 1.807) is 0 Å². The molecule has 118 valence electrons. The second-order valence-corrected chi connectivity index (χ2v) is 6.41. The van der Waals surface area contributed by atoms with Crippen LogP contribution in [0, 0.1) is 0 Å². The third-order valence-electron chi connectivity index (χ3n) is 3.79. The Bertz CT molecular complexity index is 414. The van der Waals surface area contributed by atoms with Crippen molar-refractivity contribution in [3.63, 3.8) is 0 Å². The molecule has 0 aromatic heterocycles. The van der Waals surface area contributed by atoms with E-state index in [9.17, 15) is 4.79 Å². The number of amides is 1. The monoisotopic (exact) mass is 290 g/mol. The van der Waals surface area contributed by atoms with Gasteiger partial charge >= 0.3 is 0 Å². The fourth-order valence-corrected chi connectivity index (χ4v) is 2.63. The van der Waals surface area contributed by atoms with Gasteiger partial charge in [-0.15, -0.1) is 0 Å². The highest BCUT2D eigenvalue weighted by atomic mass is 16.1. The molecule has 0 radical (unpaired) electrons. The zero-order valence-electron chi connectivity index (χ0n) is 13.9. The maximum absolute atomic E-state index is 11.5. The minimum Gasteiger partial charge on any atom is -0.356 e. The minimum atomic E-state index is 0.137. The van der Waals surface area contributed by atoms with E-state index in [4.69, 9.17) is 0 Å². The minimum absolute atomic E-state index is 0.137. The van der Waals surface area contributed by atoms with Crippen LogP contribution in [0.4, 0.5) is 0 Å². The highest BCUT2D eigenvalue weighted by Gasteiger charge is 2.22. The molecule has 0 heterocycles. The first-order valence-electron chi connectivity index (χ1n) is 8.01. The Morgan fingerprint density at radius 1 is 1.19 bits per heavy atom. The molecule has 0 aliphatic rings. The zero-order chi connectivity index (χ0) is 15.7. The molecule has 0 aliphatic heterocycles. The summed E-state index contributed by atoms with van der Waals surface area (Å²) in [7, 11) is 0. The Hall–Kier alpha value is -1.35. The van der Waals surface area contributed by atoms with Gasteiger partial charge in [0.25, 0.3) is 0 Å². The van der Waals surface area contributed by atoms with Gasteiger partial charge < -0.3 is 10.6 Å². The van der Waals surface area contributed by atoms with Gasteiger partial charge in [-0.05, 0) is 30.7 Å². The number of benzene rings is 1.